The van der Waals surface area contributed by atoms with Crippen LogP contribution in [0.4, 0.5) is 5.69 Å². The van der Waals surface area contributed by atoms with Crippen LogP contribution in [0.3, 0.4) is 0 Å². The van der Waals surface area contributed by atoms with Crippen molar-refractivity contribution in [2.45, 2.75) is 12.8 Å². The lowest BCUT2D eigenvalue weighted by molar-refractivity contribution is -0.122. The van der Waals surface area contributed by atoms with E-state index in [2.05, 4.69) is 24.0 Å². The second-order valence-electron chi connectivity index (χ2n) is 6.71. The maximum atomic E-state index is 12.8. The van der Waals surface area contributed by atoms with Crippen LogP contribution in [0.2, 0.25) is 5.02 Å². The minimum atomic E-state index is -0.231. The van der Waals surface area contributed by atoms with Crippen LogP contribution in [0.15, 0.2) is 48.8 Å². The summed E-state index contributed by atoms with van der Waals surface area (Å²) in [7, 11) is 0. The molecule has 4 atom stereocenters. The Hall–Kier alpha value is -1.74. The third-order valence-corrected chi connectivity index (χ3v) is 5.89. The summed E-state index contributed by atoms with van der Waals surface area (Å²) >= 11 is 5.87. The zero-order valence-electron chi connectivity index (χ0n) is 12.1. The molecule has 22 heavy (non-hydrogen) atoms. The molecular weight excluding hydrogens is 298 g/mol. The van der Waals surface area contributed by atoms with Crippen molar-refractivity contribution < 1.29 is 9.90 Å². The zero-order valence-corrected chi connectivity index (χ0v) is 12.9. The number of hydrogen-bond acceptors (Lipinski definition) is 2. The van der Waals surface area contributed by atoms with Gasteiger partial charge in [-0.2, -0.15) is 0 Å². The average molecular weight is 316 g/mol. The minimum Gasteiger partial charge on any atom is -0.513 e. The number of hydrogen-bond donors (Lipinski definition) is 2. The summed E-state index contributed by atoms with van der Waals surface area (Å²) in [6.45, 7) is 3.72. The van der Waals surface area contributed by atoms with Gasteiger partial charge >= 0.3 is 0 Å². The van der Waals surface area contributed by atoms with E-state index in [9.17, 15) is 9.90 Å². The van der Waals surface area contributed by atoms with E-state index in [1.165, 1.54) is 0 Å². The molecule has 4 heteroatoms. The topological polar surface area (TPSA) is 49.3 Å². The summed E-state index contributed by atoms with van der Waals surface area (Å²) in [5, 5.41) is 13.6. The van der Waals surface area contributed by atoms with Gasteiger partial charge in [-0.25, -0.2) is 0 Å². The molecule has 3 nitrogen and oxygen atoms in total. The summed E-state index contributed by atoms with van der Waals surface area (Å²) in [5.41, 5.74) is 0.937. The molecule has 3 aliphatic carbocycles. The second-order valence-corrected chi connectivity index (χ2v) is 7.15. The number of aliphatic hydroxyl groups excluding tert-OH is 1. The molecule has 2 saturated carbocycles. The third kappa shape index (κ3) is 1.85. The van der Waals surface area contributed by atoms with Crippen molar-refractivity contribution in [1.29, 1.82) is 0 Å². The number of halogens is 1. The summed E-state index contributed by atoms with van der Waals surface area (Å²) in [6, 6.07) is 7.09. The molecule has 2 fully saturated rings. The Morgan fingerprint density at radius 2 is 1.77 bits per heavy atom. The molecule has 114 valence electrons. The van der Waals surface area contributed by atoms with E-state index in [1.807, 2.05) is 0 Å². The number of aliphatic hydroxyl groups is 1. The van der Waals surface area contributed by atoms with Gasteiger partial charge in [0.05, 0.1) is 11.7 Å². The fraction of sp³-hybridized carbons (Fsp3) is 0.389. The van der Waals surface area contributed by atoms with Gasteiger partial charge in [-0.3, -0.25) is 4.79 Å². The van der Waals surface area contributed by atoms with Crippen molar-refractivity contribution >= 4 is 23.2 Å². The molecule has 0 radical (unpaired) electrons. The molecule has 1 aromatic rings. The van der Waals surface area contributed by atoms with Crippen LogP contribution in [0.25, 0.3) is 0 Å². The molecule has 4 unspecified atom stereocenters. The van der Waals surface area contributed by atoms with E-state index >= 15 is 0 Å². The highest BCUT2D eigenvalue weighted by Crippen LogP contribution is 2.72. The maximum Gasteiger partial charge on any atom is 0.228 e. The van der Waals surface area contributed by atoms with Crippen LogP contribution in [0, 0.1) is 29.1 Å². The Balaban J connectivity index is 1.60. The molecule has 1 aromatic carbocycles. The van der Waals surface area contributed by atoms with Crippen molar-refractivity contribution in [3.63, 3.8) is 0 Å². The maximum absolute atomic E-state index is 12.8. The monoisotopic (exact) mass is 315 g/mol. The zero-order chi connectivity index (χ0) is 15.5. The Morgan fingerprint density at radius 1 is 1.18 bits per heavy atom. The van der Waals surface area contributed by atoms with Gasteiger partial charge < -0.3 is 10.4 Å². The molecule has 0 aromatic heterocycles. The lowest BCUT2D eigenvalue weighted by atomic mass is 9.81. The molecular formula is C18H18ClNO2. The lowest BCUT2D eigenvalue weighted by Gasteiger charge is -2.26. The van der Waals surface area contributed by atoms with Crippen LogP contribution in [0.5, 0.6) is 0 Å². The van der Waals surface area contributed by atoms with Gasteiger partial charge in [0.2, 0.25) is 5.91 Å². The fourth-order valence-electron chi connectivity index (χ4n) is 4.56. The van der Waals surface area contributed by atoms with E-state index in [0.29, 0.717) is 5.02 Å². The number of anilines is 1. The number of benzene rings is 1. The molecule has 1 amide bonds. The second kappa shape index (κ2) is 4.63. The Morgan fingerprint density at radius 3 is 2.32 bits per heavy atom. The fourth-order valence-corrected chi connectivity index (χ4v) is 4.68. The number of nitrogens with one attached hydrogen (secondary N) is 1. The molecule has 3 aliphatic rings. The number of carbonyl (C=O) groups excluding carboxylic acids is 1. The summed E-state index contributed by atoms with van der Waals surface area (Å²) in [5.74, 6) is 0.190. The first kappa shape index (κ1) is 13.9. The molecule has 0 heterocycles. The van der Waals surface area contributed by atoms with Crippen molar-refractivity contribution in [3.8, 4) is 0 Å². The smallest absolute Gasteiger partial charge is 0.228 e. The minimum absolute atomic E-state index is 0.0364. The highest BCUT2D eigenvalue weighted by atomic mass is 35.5. The van der Waals surface area contributed by atoms with Crippen molar-refractivity contribution in [2.24, 2.45) is 29.1 Å². The molecule has 4 rings (SSSR count). The van der Waals surface area contributed by atoms with E-state index in [-0.39, 0.29) is 40.8 Å². The Bertz CT molecular complexity index is 675. The van der Waals surface area contributed by atoms with Crippen LogP contribution in [0.1, 0.15) is 12.8 Å². The average Bonchev–Trinajstić information content (AvgIpc) is 3.15. The van der Waals surface area contributed by atoms with E-state index in [4.69, 9.17) is 11.6 Å². The summed E-state index contributed by atoms with van der Waals surface area (Å²) < 4.78 is 0. The molecule has 2 bridgehead atoms. The highest BCUT2D eigenvalue weighted by molar-refractivity contribution is 6.30. The van der Waals surface area contributed by atoms with Gasteiger partial charge in [0.1, 0.15) is 0 Å². The molecule has 2 N–H and O–H groups in total. The molecule has 0 aliphatic heterocycles. The molecule has 1 spiro atoms. The quantitative estimate of drug-likeness (QED) is 0.649. The van der Waals surface area contributed by atoms with Crippen molar-refractivity contribution in [1.82, 2.24) is 0 Å². The largest absolute Gasteiger partial charge is 0.513 e. The van der Waals surface area contributed by atoms with Gasteiger partial charge in [-0.05, 0) is 54.4 Å². The summed E-state index contributed by atoms with van der Waals surface area (Å²) in [6.07, 6.45) is 6.63. The SMILES string of the molecule is C=C(O)C1C(C(=O)Nc2ccc(Cl)cc2)C2C=CC1C21CC1. The van der Waals surface area contributed by atoms with Crippen molar-refractivity contribution in [2.75, 3.05) is 5.32 Å². The lowest BCUT2D eigenvalue weighted by Crippen LogP contribution is -2.33. The van der Waals surface area contributed by atoms with Gasteiger partial charge in [0.15, 0.2) is 0 Å². The Kier molecular flexibility index (Phi) is 2.92. The number of amides is 1. The number of rotatable bonds is 3. The molecule has 0 saturated heterocycles. The normalized spacial score (nSPS) is 33.1. The van der Waals surface area contributed by atoms with Crippen LogP contribution in [-0.4, -0.2) is 11.0 Å². The first-order valence-electron chi connectivity index (χ1n) is 7.65. The van der Waals surface area contributed by atoms with E-state index in [1.54, 1.807) is 24.3 Å². The Labute approximate surface area is 134 Å². The van der Waals surface area contributed by atoms with Crippen LogP contribution in [-0.2, 0) is 4.79 Å². The highest BCUT2D eigenvalue weighted by Gasteiger charge is 2.68. The first-order chi connectivity index (χ1) is 10.5. The van der Waals surface area contributed by atoms with E-state index < -0.39 is 0 Å². The summed E-state index contributed by atoms with van der Waals surface area (Å²) in [4.78, 5) is 12.8. The predicted molar refractivity (Wildman–Crippen MR) is 86.6 cm³/mol. The third-order valence-electron chi connectivity index (χ3n) is 5.64. The van der Waals surface area contributed by atoms with E-state index in [0.717, 1.165) is 18.5 Å². The van der Waals surface area contributed by atoms with Gasteiger partial charge in [-0.15, -0.1) is 0 Å². The van der Waals surface area contributed by atoms with Crippen LogP contribution >= 0.6 is 11.6 Å². The van der Waals surface area contributed by atoms with Crippen molar-refractivity contribution in [3.05, 3.63) is 53.8 Å². The van der Waals surface area contributed by atoms with Gasteiger partial charge in [0.25, 0.3) is 0 Å². The standard InChI is InChI=1S/C18H18ClNO2/c1-10(21)15-13-6-7-14(18(13)8-9-18)16(15)17(22)20-12-4-2-11(19)3-5-12/h2-7,13-16,21H,1,8-9H2,(H,20,22). The first-order valence-corrected chi connectivity index (χ1v) is 8.03. The predicted octanol–water partition coefficient (Wildman–Crippen LogP) is 4.18. The number of allylic oxidation sites excluding steroid dienone is 3. The van der Waals surface area contributed by atoms with Crippen LogP contribution < -0.4 is 5.32 Å². The van der Waals surface area contributed by atoms with Gasteiger partial charge in [0, 0.05) is 16.6 Å². The van der Waals surface area contributed by atoms with Gasteiger partial charge in [-0.1, -0.05) is 30.3 Å². The number of carbonyl (C=O) groups is 1.